The third kappa shape index (κ3) is 5.39. The average Bonchev–Trinajstić information content (AvgIpc) is 3.51. The lowest BCUT2D eigenvalue weighted by molar-refractivity contribution is 0.661. The second-order valence-corrected chi connectivity index (χ2v) is 16.1. The molecule has 0 saturated carbocycles. The van der Waals surface area contributed by atoms with E-state index in [0.29, 0.717) is 0 Å². The monoisotopic (exact) mass is 739 g/mol. The van der Waals surface area contributed by atoms with Crippen molar-refractivity contribution in [3.05, 3.63) is 223 Å². The Kier molecular flexibility index (Phi) is 7.91. The Labute approximate surface area is 340 Å². The fraction of sp³-hybridized carbons (Fsp3) is 0.0526. The van der Waals surface area contributed by atoms with Gasteiger partial charge in [0.1, 0.15) is 0 Å². The number of fused-ring (bicyclic) bond motifs is 6. The first-order chi connectivity index (χ1) is 28.5. The van der Waals surface area contributed by atoms with E-state index in [4.69, 9.17) is 0 Å². The smallest absolute Gasteiger partial charge is 0.0547 e. The van der Waals surface area contributed by atoms with Crippen molar-refractivity contribution in [1.82, 2.24) is 0 Å². The van der Waals surface area contributed by atoms with Gasteiger partial charge in [0.05, 0.1) is 17.1 Å². The van der Waals surface area contributed by atoms with Gasteiger partial charge in [-0.15, -0.1) is 0 Å². The molecule has 1 heteroatoms. The first-order valence-electron chi connectivity index (χ1n) is 20.3. The number of anilines is 3. The molecule has 10 aromatic carbocycles. The van der Waals surface area contributed by atoms with E-state index in [-0.39, 0.29) is 5.41 Å². The van der Waals surface area contributed by atoms with Crippen LogP contribution >= 0.6 is 0 Å². The van der Waals surface area contributed by atoms with Crippen LogP contribution in [0.1, 0.15) is 25.0 Å². The highest BCUT2D eigenvalue weighted by Gasteiger charge is 2.40. The Balaban J connectivity index is 1.27. The predicted molar refractivity (Wildman–Crippen MR) is 248 cm³/mol. The Hall–Kier alpha value is -7.22. The van der Waals surface area contributed by atoms with Crippen LogP contribution in [0.4, 0.5) is 17.1 Å². The lowest BCUT2D eigenvalue weighted by atomic mass is 9.80. The highest BCUT2D eigenvalue weighted by molar-refractivity contribution is 6.12. The minimum absolute atomic E-state index is 0.281. The minimum atomic E-state index is -0.281. The summed E-state index contributed by atoms with van der Waals surface area (Å²) in [7, 11) is 0. The first kappa shape index (κ1) is 34.1. The zero-order chi connectivity index (χ0) is 38.8. The van der Waals surface area contributed by atoms with Gasteiger partial charge in [-0.05, 0) is 113 Å². The maximum absolute atomic E-state index is 2.59. The van der Waals surface area contributed by atoms with Gasteiger partial charge in [0, 0.05) is 16.5 Å². The van der Waals surface area contributed by atoms with Crippen LogP contribution in [0.5, 0.6) is 0 Å². The first-order valence-corrected chi connectivity index (χ1v) is 20.3. The van der Waals surface area contributed by atoms with E-state index in [1.807, 2.05) is 0 Å². The molecule has 0 amide bonds. The molecule has 10 aromatic rings. The highest BCUT2D eigenvalue weighted by Crippen LogP contribution is 2.57. The van der Waals surface area contributed by atoms with Crippen molar-refractivity contribution in [2.24, 2.45) is 0 Å². The molecule has 1 aliphatic carbocycles. The van der Waals surface area contributed by atoms with Gasteiger partial charge in [-0.25, -0.2) is 0 Å². The van der Waals surface area contributed by atoms with E-state index in [1.165, 1.54) is 93.6 Å². The minimum Gasteiger partial charge on any atom is -0.309 e. The zero-order valence-electron chi connectivity index (χ0n) is 32.7. The lowest BCUT2D eigenvalue weighted by Crippen LogP contribution is -2.21. The van der Waals surface area contributed by atoms with Gasteiger partial charge in [-0.3, -0.25) is 0 Å². The van der Waals surface area contributed by atoms with Crippen LogP contribution in [0.3, 0.4) is 0 Å². The lowest BCUT2D eigenvalue weighted by Gasteiger charge is -2.35. The largest absolute Gasteiger partial charge is 0.309 e. The van der Waals surface area contributed by atoms with Crippen LogP contribution in [0, 0.1) is 0 Å². The molecular formula is C57H41N. The molecule has 1 nitrogen and oxygen atoms in total. The van der Waals surface area contributed by atoms with Crippen LogP contribution in [0.15, 0.2) is 212 Å². The normalized spacial score (nSPS) is 12.8. The van der Waals surface area contributed by atoms with Gasteiger partial charge in [0.15, 0.2) is 0 Å². The molecule has 0 aliphatic heterocycles. The summed E-state index contributed by atoms with van der Waals surface area (Å²) in [6, 6.07) is 78.4. The van der Waals surface area contributed by atoms with Crippen molar-refractivity contribution in [1.29, 1.82) is 0 Å². The molecule has 0 saturated heterocycles. The molecule has 0 N–H and O–H groups in total. The molecule has 58 heavy (non-hydrogen) atoms. The second-order valence-electron chi connectivity index (χ2n) is 16.1. The number of nitrogens with zero attached hydrogens (tertiary/aromatic N) is 1. The van der Waals surface area contributed by atoms with Crippen LogP contribution in [0.25, 0.3) is 76.8 Å². The average molecular weight is 740 g/mol. The Morgan fingerprint density at radius 1 is 0.328 bits per heavy atom. The van der Waals surface area contributed by atoms with Crippen LogP contribution in [-0.4, -0.2) is 0 Å². The maximum Gasteiger partial charge on any atom is 0.0547 e. The van der Waals surface area contributed by atoms with Crippen molar-refractivity contribution in [3.63, 3.8) is 0 Å². The Bertz CT molecular complexity index is 3190. The molecule has 0 unspecified atom stereocenters. The molecule has 0 fully saturated rings. The van der Waals surface area contributed by atoms with Crippen molar-refractivity contribution >= 4 is 49.4 Å². The summed E-state index contributed by atoms with van der Waals surface area (Å²) in [4.78, 5) is 2.59. The molecular weight excluding hydrogens is 699 g/mol. The van der Waals surface area contributed by atoms with E-state index < -0.39 is 0 Å². The SMILES string of the molecule is CC1(C)c2cc3ccccc3cc2-c2cccc(N(c3ccc(-c4ccccc4)cc3-c3ccccc3)c3ccc4ccccc4c3-c3cccc4ccccc34)c21. The molecule has 0 atom stereocenters. The van der Waals surface area contributed by atoms with E-state index in [9.17, 15) is 0 Å². The van der Waals surface area contributed by atoms with Crippen LogP contribution in [0.2, 0.25) is 0 Å². The van der Waals surface area contributed by atoms with Crippen LogP contribution < -0.4 is 4.90 Å². The van der Waals surface area contributed by atoms with Gasteiger partial charge in [-0.2, -0.15) is 0 Å². The highest BCUT2D eigenvalue weighted by atomic mass is 15.2. The van der Waals surface area contributed by atoms with Gasteiger partial charge in [0.2, 0.25) is 0 Å². The molecule has 0 bridgehead atoms. The van der Waals surface area contributed by atoms with Crippen molar-refractivity contribution in [3.8, 4) is 44.5 Å². The molecule has 11 rings (SSSR count). The van der Waals surface area contributed by atoms with Gasteiger partial charge in [0.25, 0.3) is 0 Å². The summed E-state index contributed by atoms with van der Waals surface area (Å²) < 4.78 is 0. The quantitative estimate of drug-likeness (QED) is 0.164. The van der Waals surface area contributed by atoms with Crippen LogP contribution in [-0.2, 0) is 5.41 Å². The molecule has 0 aromatic heterocycles. The Morgan fingerprint density at radius 3 is 1.66 bits per heavy atom. The summed E-state index contributed by atoms with van der Waals surface area (Å²) in [6.07, 6.45) is 0. The number of benzene rings is 10. The van der Waals surface area contributed by atoms with E-state index in [2.05, 4.69) is 231 Å². The number of rotatable bonds is 6. The summed E-state index contributed by atoms with van der Waals surface area (Å²) in [6.45, 7) is 4.83. The fourth-order valence-corrected chi connectivity index (χ4v) is 9.67. The van der Waals surface area contributed by atoms with Gasteiger partial charge >= 0.3 is 0 Å². The van der Waals surface area contributed by atoms with Gasteiger partial charge in [-0.1, -0.05) is 190 Å². The molecule has 0 heterocycles. The molecule has 274 valence electrons. The van der Waals surface area contributed by atoms with E-state index in [1.54, 1.807) is 0 Å². The number of hydrogen-bond donors (Lipinski definition) is 0. The topological polar surface area (TPSA) is 3.24 Å². The summed E-state index contributed by atoms with van der Waals surface area (Å²) >= 11 is 0. The summed E-state index contributed by atoms with van der Waals surface area (Å²) in [5.74, 6) is 0. The molecule has 0 spiro atoms. The standard InChI is InChI=1S/C57H41N/c1-57(2)51-37-43-24-10-9-23-42(43)36-50(51)48-29-16-30-54(56(48)57)58(52-33-32-44(38-17-5-3-6-18-38)35-49(52)40-19-7-4-8-20-40)53-34-31-41-22-12-14-27-46(41)55(53)47-28-15-25-39-21-11-13-26-45(39)47/h3-37H,1-2H3. The summed E-state index contributed by atoms with van der Waals surface area (Å²) in [5.41, 5.74) is 15.7. The molecule has 0 radical (unpaired) electrons. The Morgan fingerprint density at radius 2 is 0.897 bits per heavy atom. The van der Waals surface area contributed by atoms with Crippen molar-refractivity contribution < 1.29 is 0 Å². The molecule has 1 aliphatic rings. The van der Waals surface area contributed by atoms with E-state index >= 15 is 0 Å². The third-order valence-electron chi connectivity index (χ3n) is 12.4. The van der Waals surface area contributed by atoms with Crippen molar-refractivity contribution in [2.45, 2.75) is 19.3 Å². The fourth-order valence-electron chi connectivity index (χ4n) is 9.67. The maximum atomic E-state index is 2.59. The van der Waals surface area contributed by atoms with Crippen molar-refractivity contribution in [2.75, 3.05) is 4.90 Å². The number of hydrogen-bond acceptors (Lipinski definition) is 1. The van der Waals surface area contributed by atoms with Gasteiger partial charge < -0.3 is 4.90 Å². The van der Waals surface area contributed by atoms with E-state index in [0.717, 1.165) is 11.4 Å². The second kappa shape index (κ2) is 13.5. The predicted octanol–water partition coefficient (Wildman–Crippen LogP) is 15.9. The summed E-state index contributed by atoms with van der Waals surface area (Å²) in [5, 5.41) is 7.45. The third-order valence-corrected chi connectivity index (χ3v) is 12.4. The zero-order valence-corrected chi connectivity index (χ0v) is 32.7.